The molecule has 0 spiro atoms. The van der Waals surface area contributed by atoms with E-state index in [1.807, 2.05) is 30.3 Å². The Morgan fingerprint density at radius 1 is 0.814 bits per heavy atom. The highest BCUT2D eigenvalue weighted by atomic mass is 35.5. The Hall–Kier alpha value is -3.56. The Bertz CT molecular complexity index is 1650. The maximum atomic E-state index is 14.4. The topological polar surface area (TPSA) is 86.8 Å². The standard InChI is InChI=1S/C32H30Cl3N3O4S/c1-2-36-32(40)30(17-23-11-5-3-6-12-23)37(21-24-13-9-10-16-29(24)35)31(39)22-38(27-19-25(33)18-26(34)20-27)43(41,42)28-14-7-4-8-15-28/h3-16,18-20,30H,2,17,21-22H2,1H3,(H,36,40)/t30-/m1/s1. The molecule has 4 aromatic carbocycles. The maximum absolute atomic E-state index is 14.4. The van der Waals surface area contributed by atoms with Crippen molar-refractivity contribution < 1.29 is 18.0 Å². The molecule has 0 unspecified atom stereocenters. The summed E-state index contributed by atoms with van der Waals surface area (Å²) in [4.78, 5) is 29.2. The second kappa shape index (κ2) is 14.8. The van der Waals surface area contributed by atoms with E-state index in [0.717, 1.165) is 9.87 Å². The van der Waals surface area contributed by atoms with E-state index < -0.39 is 28.5 Å². The van der Waals surface area contributed by atoms with Crippen LogP contribution in [0.15, 0.2) is 108 Å². The van der Waals surface area contributed by atoms with Gasteiger partial charge in [0.1, 0.15) is 12.6 Å². The van der Waals surface area contributed by atoms with Crippen molar-refractivity contribution in [2.24, 2.45) is 0 Å². The summed E-state index contributed by atoms with van der Waals surface area (Å²) in [6.07, 6.45) is 0.192. The van der Waals surface area contributed by atoms with E-state index in [1.165, 1.54) is 35.2 Å². The lowest BCUT2D eigenvalue weighted by molar-refractivity contribution is -0.140. The maximum Gasteiger partial charge on any atom is 0.264 e. The number of likely N-dealkylation sites (N-methyl/N-ethyl adjacent to an activating group) is 1. The first-order valence-corrected chi connectivity index (χ1v) is 16.1. The van der Waals surface area contributed by atoms with Crippen LogP contribution in [0.4, 0.5) is 5.69 Å². The molecule has 0 aromatic heterocycles. The normalized spacial score (nSPS) is 11.9. The van der Waals surface area contributed by atoms with Crippen LogP contribution in [0.1, 0.15) is 18.1 Å². The number of carbonyl (C=O) groups excluding carboxylic acids is 2. The van der Waals surface area contributed by atoms with E-state index in [4.69, 9.17) is 34.8 Å². The minimum Gasteiger partial charge on any atom is -0.355 e. The number of anilines is 1. The smallest absolute Gasteiger partial charge is 0.264 e. The van der Waals surface area contributed by atoms with Gasteiger partial charge in [-0.3, -0.25) is 13.9 Å². The van der Waals surface area contributed by atoms with Gasteiger partial charge < -0.3 is 10.2 Å². The number of nitrogens with zero attached hydrogens (tertiary/aromatic N) is 2. The predicted molar refractivity (Wildman–Crippen MR) is 172 cm³/mol. The number of benzene rings is 4. The number of hydrogen-bond acceptors (Lipinski definition) is 4. The van der Waals surface area contributed by atoms with Gasteiger partial charge in [-0.1, -0.05) is 102 Å². The van der Waals surface area contributed by atoms with Gasteiger partial charge in [0.2, 0.25) is 11.8 Å². The van der Waals surface area contributed by atoms with Crippen LogP contribution in [0, 0.1) is 0 Å². The monoisotopic (exact) mass is 657 g/mol. The molecule has 4 rings (SSSR count). The van der Waals surface area contributed by atoms with Gasteiger partial charge in [0.25, 0.3) is 10.0 Å². The average molecular weight is 659 g/mol. The fraction of sp³-hybridized carbons (Fsp3) is 0.188. The molecule has 0 aliphatic heterocycles. The van der Waals surface area contributed by atoms with Crippen LogP contribution in [-0.4, -0.2) is 44.3 Å². The van der Waals surface area contributed by atoms with E-state index in [0.29, 0.717) is 17.1 Å². The van der Waals surface area contributed by atoms with Crippen LogP contribution in [0.2, 0.25) is 15.1 Å². The van der Waals surface area contributed by atoms with E-state index in [9.17, 15) is 18.0 Å². The van der Waals surface area contributed by atoms with Crippen molar-refractivity contribution in [3.8, 4) is 0 Å². The Morgan fingerprint density at radius 2 is 1.40 bits per heavy atom. The van der Waals surface area contributed by atoms with Gasteiger partial charge in [0, 0.05) is 34.6 Å². The fourth-order valence-electron chi connectivity index (χ4n) is 4.59. The summed E-state index contributed by atoms with van der Waals surface area (Å²) in [6, 6.07) is 27.4. The number of sulfonamides is 1. The molecule has 7 nitrogen and oxygen atoms in total. The minimum atomic E-state index is -4.27. The molecule has 43 heavy (non-hydrogen) atoms. The molecule has 0 aliphatic rings. The van der Waals surface area contributed by atoms with Crippen molar-refractivity contribution in [3.05, 3.63) is 129 Å². The SMILES string of the molecule is CCNC(=O)[C@@H](Cc1ccccc1)N(Cc1ccccc1Cl)C(=O)CN(c1cc(Cl)cc(Cl)c1)S(=O)(=O)c1ccccc1. The van der Waals surface area contributed by atoms with Crippen molar-refractivity contribution >= 4 is 62.3 Å². The van der Waals surface area contributed by atoms with E-state index >= 15 is 0 Å². The Kier molecular flexibility index (Phi) is 11.1. The van der Waals surface area contributed by atoms with Crippen LogP contribution < -0.4 is 9.62 Å². The highest BCUT2D eigenvalue weighted by molar-refractivity contribution is 7.92. The summed E-state index contributed by atoms with van der Waals surface area (Å²) in [5.74, 6) is -1.00. The van der Waals surface area contributed by atoms with Crippen molar-refractivity contribution in [2.75, 3.05) is 17.4 Å². The van der Waals surface area contributed by atoms with Gasteiger partial charge in [0.05, 0.1) is 10.6 Å². The number of rotatable bonds is 12. The van der Waals surface area contributed by atoms with Crippen molar-refractivity contribution in [3.63, 3.8) is 0 Å². The first-order chi connectivity index (χ1) is 20.6. The summed E-state index contributed by atoms with van der Waals surface area (Å²) < 4.78 is 28.9. The number of nitrogens with one attached hydrogen (secondary N) is 1. The molecule has 2 amide bonds. The Labute approximate surface area is 267 Å². The molecule has 0 heterocycles. The van der Waals surface area contributed by atoms with Gasteiger partial charge in [0.15, 0.2) is 0 Å². The number of carbonyl (C=O) groups is 2. The van der Waals surface area contributed by atoms with Crippen LogP contribution in [-0.2, 0) is 32.6 Å². The third kappa shape index (κ3) is 8.30. The van der Waals surface area contributed by atoms with E-state index in [-0.39, 0.29) is 39.5 Å². The summed E-state index contributed by atoms with van der Waals surface area (Å²) in [5, 5.41) is 3.62. The van der Waals surface area contributed by atoms with Crippen molar-refractivity contribution in [2.45, 2.75) is 30.8 Å². The minimum absolute atomic E-state index is 0.0267. The van der Waals surface area contributed by atoms with Crippen LogP contribution in [0.3, 0.4) is 0 Å². The third-order valence-electron chi connectivity index (χ3n) is 6.67. The Balaban J connectivity index is 1.82. The van der Waals surface area contributed by atoms with Crippen LogP contribution in [0.25, 0.3) is 0 Å². The van der Waals surface area contributed by atoms with E-state index in [2.05, 4.69) is 5.32 Å². The quantitative estimate of drug-likeness (QED) is 0.185. The summed E-state index contributed by atoms with van der Waals surface area (Å²) in [6.45, 7) is 1.45. The summed E-state index contributed by atoms with van der Waals surface area (Å²) in [5.41, 5.74) is 1.53. The average Bonchev–Trinajstić information content (AvgIpc) is 2.99. The molecule has 11 heteroatoms. The number of halogens is 3. The zero-order chi connectivity index (χ0) is 31.0. The van der Waals surface area contributed by atoms with Gasteiger partial charge in [-0.05, 0) is 54.4 Å². The first kappa shape index (κ1) is 32.4. The lowest BCUT2D eigenvalue weighted by Crippen LogP contribution is -2.53. The molecule has 0 radical (unpaired) electrons. The second-order valence-corrected chi connectivity index (χ2v) is 12.8. The fourth-order valence-corrected chi connectivity index (χ4v) is 6.72. The first-order valence-electron chi connectivity index (χ1n) is 13.5. The predicted octanol–water partition coefficient (Wildman–Crippen LogP) is 6.62. The molecule has 0 bridgehead atoms. The molecule has 4 aromatic rings. The molecule has 1 atom stereocenters. The lowest BCUT2D eigenvalue weighted by Gasteiger charge is -2.34. The summed E-state index contributed by atoms with van der Waals surface area (Å²) in [7, 11) is -4.27. The molecule has 224 valence electrons. The molecule has 0 saturated carbocycles. The van der Waals surface area contributed by atoms with Crippen LogP contribution >= 0.6 is 34.8 Å². The molecule has 1 N–H and O–H groups in total. The van der Waals surface area contributed by atoms with Gasteiger partial charge in [-0.25, -0.2) is 8.42 Å². The Morgan fingerprint density at radius 3 is 2.00 bits per heavy atom. The largest absolute Gasteiger partial charge is 0.355 e. The van der Waals surface area contributed by atoms with Gasteiger partial charge in [-0.15, -0.1) is 0 Å². The number of hydrogen-bond donors (Lipinski definition) is 1. The third-order valence-corrected chi connectivity index (χ3v) is 9.26. The highest BCUT2D eigenvalue weighted by Crippen LogP contribution is 2.30. The van der Waals surface area contributed by atoms with Gasteiger partial charge >= 0.3 is 0 Å². The molecule has 0 fully saturated rings. The number of amides is 2. The van der Waals surface area contributed by atoms with E-state index in [1.54, 1.807) is 49.4 Å². The summed E-state index contributed by atoms with van der Waals surface area (Å²) >= 11 is 19.0. The molecular weight excluding hydrogens is 629 g/mol. The van der Waals surface area contributed by atoms with Crippen LogP contribution in [0.5, 0.6) is 0 Å². The second-order valence-electron chi connectivity index (χ2n) is 9.67. The zero-order valence-corrected chi connectivity index (χ0v) is 26.4. The molecular formula is C32H30Cl3N3O4S. The lowest BCUT2D eigenvalue weighted by atomic mass is 10.0. The van der Waals surface area contributed by atoms with Crippen molar-refractivity contribution in [1.29, 1.82) is 0 Å². The van der Waals surface area contributed by atoms with Crippen molar-refractivity contribution in [1.82, 2.24) is 10.2 Å². The molecule has 0 aliphatic carbocycles. The zero-order valence-electron chi connectivity index (χ0n) is 23.3. The highest BCUT2D eigenvalue weighted by Gasteiger charge is 2.35. The molecule has 0 saturated heterocycles. The van der Waals surface area contributed by atoms with Gasteiger partial charge in [-0.2, -0.15) is 0 Å².